The van der Waals surface area contributed by atoms with E-state index in [1.165, 1.54) is 17.7 Å². The lowest BCUT2D eigenvalue weighted by molar-refractivity contribution is -0.384. The van der Waals surface area contributed by atoms with E-state index in [4.69, 9.17) is 16.6 Å². The Morgan fingerprint density at radius 3 is 2.72 bits per heavy atom. The summed E-state index contributed by atoms with van der Waals surface area (Å²) in [4.78, 5) is 12.7. The second-order valence-electron chi connectivity index (χ2n) is 5.62. The van der Waals surface area contributed by atoms with Crippen molar-refractivity contribution >= 4 is 17.9 Å². The van der Waals surface area contributed by atoms with Gasteiger partial charge in [-0.25, -0.2) is 4.68 Å². The van der Waals surface area contributed by atoms with Crippen molar-refractivity contribution < 1.29 is 9.34 Å². The van der Waals surface area contributed by atoms with Crippen molar-refractivity contribution in [1.29, 1.82) is 0 Å². The second kappa shape index (κ2) is 7.37. The molecule has 7 nitrogen and oxygen atoms in total. The molecule has 0 saturated carbocycles. The van der Waals surface area contributed by atoms with Crippen molar-refractivity contribution in [1.82, 2.24) is 14.7 Å². The van der Waals surface area contributed by atoms with E-state index in [1.807, 2.05) is 42.3 Å². The summed E-state index contributed by atoms with van der Waals surface area (Å²) >= 11 is 5.21. The first-order chi connectivity index (χ1) is 12.0. The molecule has 25 heavy (non-hydrogen) atoms. The maximum Gasteiger partial charge on any atom is 0.288 e. The monoisotopic (exact) mass is 356 g/mol. The zero-order chi connectivity index (χ0) is 17.8. The Morgan fingerprint density at radius 2 is 2.00 bits per heavy atom. The Bertz CT molecular complexity index is 936. The normalized spacial score (nSPS) is 11.0. The molecule has 3 rings (SSSR count). The topological polar surface area (TPSA) is 77.3 Å². The summed E-state index contributed by atoms with van der Waals surface area (Å²) in [5.41, 5.74) is 1.68. The molecule has 1 aromatic heterocycles. The van der Waals surface area contributed by atoms with Crippen LogP contribution >= 0.6 is 12.2 Å². The van der Waals surface area contributed by atoms with Crippen molar-refractivity contribution in [2.75, 3.05) is 7.05 Å². The Morgan fingerprint density at radius 1 is 1.24 bits per heavy atom. The van der Waals surface area contributed by atoms with Crippen LogP contribution in [-0.2, 0) is 13.2 Å². The van der Waals surface area contributed by atoms with E-state index < -0.39 is 4.92 Å². The van der Waals surface area contributed by atoms with Crippen LogP contribution in [-0.4, -0.2) is 26.7 Å². The highest BCUT2D eigenvalue weighted by atomic mass is 32.1. The molecule has 0 unspecified atom stereocenters. The van der Waals surface area contributed by atoms with Crippen LogP contribution in [0.3, 0.4) is 0 Å². The number of benzene rings is 2. The first-order valence-electron chi connectivity index (χ1n) is 7.58. The molecule has 0 aliphatic carbocycles. The summed E-state index contributed by atoms with van der Waals surface area (Å²) < 4.78 is 7.07. The lowest BCUT2D eigenvalue weighted by atomic mass is 10.2. The SMILES string of the molecule is CN(Cc1ccccc1)Cn1nc(-c2cccc([N+](=O)[O-])c2)oc1=S. The summed E-state index contributed by atoms with van der Waals surface area (Å²) in [5, 5.41) is 15.2. The van der Waals surface area contributed by atoms with Gasteiger partial charge >= 0.3 is 0 Å². The van der Waals surface area contributed by atoms with Gasteiger partial charge in [-0.3, -0.25) is 15.0 Å². The molecule has 8 heteroatoms. The van der Waals surface area contributed by atoms with Gasteiger partial charge in [0.2, 0.25) is 5.89 Å². The minimum absolute atomic E-state index is 0.0191. The highest BCUT2D eigenvalue weighted by Crippen LogP contribution is 2.22. The number of aromatic nitrogens is 2. The van der Waals surface area contributed by atoms with Crippen LogP contribution in [0.2, 0.25) is 0 Å². The van der Waals surface area contributed by atoms with Gasteiger partial charge in [0.15, 0.2) is 0 Å². The summed E-state index contributed by atoms with van der Waals surface area (Å²) in [6.07, 6.45) is 0. The van der Waals surface area contributed by atoms with E-state index in [1.54, 1.807) is 16.8 Å². The average Bonchev–Trinajstić information content (AvgIpc) is 2.96. The van der Waals surface area contributed by atoms with E-state index in [0.29, 0.717) is 12.2 Å². The largest absolute Gasteiger partial charge is 0.409 e. The van der Waals surface area contributed by atoms with E-state index >= 15 is 0 Å². The molecule has 0 aliphatic rings. The molecule has 0 aliphatic heterocycles. The molecule has 0 atom stereocenters. The number of rotatable bonds is 6. The number of hydrogen-bond donors (Lipinski definition) is 0. The van der Waals surface area contributed by atoms with Crippen molar-refractivity contribution in [3.8, 4) is 11.5 Å². The molecule has 128 valence electrons. The van der Waals surface area contributed by atoms with E-state index in [2.05, 4.69) is 5.10 Å². The van der Waals surface area contributed by atoms with Gasteiger partial charge in [0, 0.05) is 24.2 Å². The van der Waals surface area contributed by atoms with E-state index in [-0.39, 0.29) is 16.4 Å². The van der Waals surface area contributed by atoms with Crippen LogP contribution < -0.4 is 0 Å². The smallest absolute Gasteiger partial charge is 0.288 e. The van der Waals surface area contributed by atoms with Crippen LogP contribution in [0.15, 0.2) is 59.0 Å². The quantitative estimate of drug-likeness (QED) is 0.379. The highest BCUT2D eigenvalue weighted by Gasteiger charge is 2.13. The Hall–Kier alpha value is -2.84. The number of nitrogens with zero attached hydrogens (tertiary/aromatic N) is 4. The number of non-ortho nitro benzene ring substituents is 1. The van der Waals surface area contributed by atoms with Crippen molar-refractivity contribution in [2.24, 2.45) is 0 Å². The highest BCUT2D eigenvalue weighted by molar-refractivity contribution is 7.71. The van der Waals surface area contributed by atoms with E-state index in [9.17, 15) is 10.1 Å². The molecule has 1 heterocycles. The van der Waals surface area contributed by atoms with E-state index in [0.717, 1.165) is 6.54 Å². The molecule has 0 spiro atoms. The Kier molecular flexibility index (Phi) is 5.01. The van der Waals surface area contributed by atoms with Crippen molar-refractivity contribution in [3.63, 3.8) is 0 Å². The summed E-state index contributed by atoms with van der Waals surface area (Å²) in [6.45, 7) is 1.19. The van der Waals surface area contributed by atoms with Crippen molar-refractivity contribution in [2.45, 2.75) is 13.2 Å². The fourth-order valence-electron chi connectivity index (χ4n) is 2.44. The third-order valence-electron chi connectivity index (χ3n) is 3.58. The molecule has 3 aromatic rings. The molecular formula is C17H16N4O3S. The average molecular weight is 356 g/mol. The Labute approximate surface area is 149 Å². The Balaban J connectivity index is 1.77. The van der Waals surface area contributed by atoms with Gasteiger partial charge in [0.1, 0.15) is 0 Å². The maximum absolute atomic E-state index is 10.9. The minimum Gasteiger partial charge on any atom is -0.409 e. The zero-order valence-electron chi connectivity index (χ0n) is 13.5. The van der Waals surface area contributed by atoms with Crippen molar-refractivity contribution in [3.05, 3.63) is 75.1 Å². The predicted molar refractivity (Wildman–Crippen MR) is 95.3 cm³/mol. The molecular weight excluding hydrogens is 340 g/mol. The molecule has 0 bridgehead atoms. The maximum atomic E-state index is 10.9. The van der Waals surface area contributed by atoms with Crippen LogP contribution in [0.4, 0.5) is 5.69 Å². The number of nitro groups is 1. The summed E-state index contributed by atoms with van der Waals surface area (Å²) in [6, 6.07) is 16.2. The third-order valence-corrected chi connectivity index (χ3v) is 3.87. The second-order valence-corrected chi connectivity index (χ2v) is 5.97. The van der Waals surface area contributed by atoms with Gasteiger partial charge in [-0.1, -0.05) is 36.4 Å². The minimum atomic E-state index is -0.456. The van der Waals surface area contributed by atoms with Crippen LogP contribution in [0, 0.1) is 15.0 Å². The van der Waals surface area contributed by atoms with Crippen LogP contribution in [0.1, 0.15) is 5.56 Å². The molecule has 2 aromatic carbocycles. The first-order valence-corrected chi connectivity index (χ1v) is 7.99. The molecule has 0 amide bonds. The molecule has 0 radical (unpaired) electrons. The lowest BCUT2D eigenvalue weighted by Gasteiger charge is -2.15. The van der Waals surface area contributed by atoms with Gasteiger partial charge in [-0.2, -0.15) is 0 Å². The summed E-state index contributed by atoms with van der Waals surface area (Å²) in [5.74, 6) is 0.266. The lowest BCUT2D eigenvalue weighted by Crippen LogP contribution is -2.22. The number of hydrogen-bond acceptors (Lipinski definition) is 6. The predicted octanol–water partition coefficient (Wildman–Crippen LogP) is 3.87. The van der Waals surface area contributed by atoms with Gasteiger partial charge < -0.3 is 4.42 Å². The standard InChI is InChI=1S/C17H16N4O3S/c1-19(11-13-6-3-2-4-7-13)12-20-17(25)24-16(18-20)14-8-5-9-15(10-14)21(22)23/h2-10H,11-12H2,1H3. The van der Waals surface area contributed by atoms with Crippen LogP contribution in [0.25, 0.3) is 11.5 Å². The first kappa shape index (κ1) is 17.0. The van der Waals surface area contributed by atoms with Gasteiger partial charge in [0.25, 0.3) is 10.5 Å². The molecule has 0 N–H and O–H groups in total. The third kappa shape index (κ3) is 4.17. The fraction of sp³-hybridized carbons (Fsp3) is 0.176. The van der Waals surface area contributed by atoms with Gasteiger partial charge in [0.05, 0.1) is 11.6 Å². The summed E-state index contributed by atoms with van der Waals surface area (Å²) in [7, 11) is 1.95. The zero-order valence-corrected chi connectivity index (χ0v) is 14.3. The van der Waals surface area contributed by atoms with Crippen LogP contribution in [0.5, 0.6) is 0 Å². The fourth-order valence-corrected chi connectivity index (χ4v) is 2.62. The molecule has 0 saturated heterocycles. The van der Waals surface area contributed by atoms with Gasteiger partial charge in [-0.05, 0) is 30.9 Å². The number of nitro benzene ring substituents is 1. The van der Waals surface area contributed by atoms with Gasteiger partial charge in [-0.15, -0.1) is 5.10 Å². The molecule has 0 fully saturated rings.